The van der Waals surface area contributed by atoms with Crippen LogP contribution < -0.4 is 25.9 Å². The van der Waals surface area contributed by atoms with Gasteiger partial charge in [0, 0.05) is 125 Å². The second-order valence-corrected chi connectivity index (χ2v) is 16.9. The highest BCUT2D eigenvalue weighted by Crippen LogP contribution is 2.24. The highest BCUT2D eigenvalue weighted by atomic mass is 35.5. The molecule has 0 bridgehead atoms. The van der Waals surface area contributed by atoms with Crippen LogP contribution in [-0.4, -0.2) is 98.2 Å². The van der Waals surface area contributed by atoms with E-state index in [1.807, 2.05) is 0 Å². The number of halogens is 2. The van der Waals surface area contributed by atoms with Crippen LogP contribution in [0.3, 0.4) is 0 Å². The Balaban J connectivity index is 0.000000214. The van der Waals surface area contributed by atoms with Crippen molar-refractivity contribution in [1.29, 1.82) is 0 Å². The fourth-order valence-electron chi connectivity index (χ4n) is 8.81. The molecular weight excluding hydrogens is 869 g/mol. The Morgan fingerprint density at radius 2 is 1.14 bits per heavy atom. The van der Waals surface area contributed by atoms with E-state index in [0.29, 0.717) is 35.9 Å². The predicted molar refractivity (Wildman–Crippen MR) is 257 cm³/mol. The number of aromatic carboxylic acids is 1. The number of nitrogens with one attached hydrogen (secondary N) is 3. The molecule has 0 saturated carbocycles. The number of para-hydroxylation sites is 2. The molecule has 3 aliphatic rings. The SMILES string of the molecule is Cl.Cl.Cn1cc(CNCC2CCN(c3ncc(C(=O)NOC4CCCCO4)cn3)CC2)c2ccccc21.Cn1cc(CNCC2CCN(c3ncc(C(=O)O)cn3)CC2)c2ccccc21. The molecule has 9 rings (SSSR count). The fraction of sp³-hybridized carbons (Fsp3) is 0.447. The predicted octanol–water partition coefficient (Wildman–Crippen LogP) is 6.68. The molecule has 6 aromatic rings. The molecule has 1 atom stereocenters. The van der Waals surface area contributed by atoms with Crippen molar-refractivity contribution in [3.63, 3.8) is 0 Å². The largest absolute Gasteiger partial charge is 0.478 e. The van der Waals surface area contributed by atoms with E-state index < -0.39 is 5.97 Å². The van der Waals surface area contributed by atoms with Crippen molar-refractivity contribution in [2.24, 2.45) is 25.9 Å². The van der Waals surface area contributed by atoms with Gasteiger partial charge in [0.15, 0.2) is 6.29 Å². The van der Waals surface area contributed by atoms with E-state index in [0.717, 1.165) is 97.3 Å². The third-order valence-corrected chi connectivity index (χ3v) is 12.5. The Morgan fingerprint density at radius 3 is 1.58 bits per heavy atom. The topological polar surface area (TPSA) is 177 Å². The lowest BCUT2D eigenvalue weighted by molar-refractivity contribution is -0.186. The van der Waals surface area contributed by atoms with Crippen LogP contribution in [0.25, 0.3) is 21.8 Å². The number of hydroxylamine groups is 1. The number of carboxylic acids is 1. The molecule has 0 aliphatic carbocycles. The van der Waals surface area contributed by atoms with Gasteiger partial charge in [0.05, 0.1) is 11.1 Å². The molecule has 4 aromatic heterocycles. The van der Waals surface area contributed by atoms with Crippen LogP contribution in [0.5, 0.6) is 0 Å². The maximum absolute atomic E-state index is 12.3. The minimum Gasteiger partial charge on any atom is -0.478 e. The van der Waals surface area contributed by atoms with Gasteiger partial charge in [-0.15, -0.1) is 24.8 Å². The first-order chi connectivity index (χ1) is 30.8. The molecule has 2 aromatic carbocycles. The normalized spacial score (nSPS) is 16.9. The van der Waals surface area contributed by atoms with Gasteiger partial charge < -0.3 is 39.4 Å². The summed E-state index contributed by atoms with van der Waals surface area (Å²) in [5.41, 5.74) is 8.16. The highest BCUT2D eigenvalue weighted by molar-refractivity contribution is 5.93. The number of anilines is 2. The van der Waals surface area contributed by atoms with Crippen LogP contribution in [0.1, 0.15) is 76.8 Å². The van der Waals surface area contributed by atoms with Gasteiger partial charge in [0.2, 0.25) is 11.9 Å². The second kappa shape index (κ2) is 23.7. The average molecular weight is 931 g/mol. The number of piperidine rings is 2. The van der Waals surface area contributed by atoms with Crippen LogP contribution in [0.15, 0.2) is 85.7 Å². The molecule has 18 heteroatoms. The van der Waals surface area contributed by atoms with Crippen LogP contribution in [0.4, 0.5) is 11.9 Å². The Morgan fingerprint density at radius 1 is 0.677 bits per heavy atom. The van der Waals surface area contributed by atoms with Gasteiger partial charge in [0.1, 0.15) is 0 Å². The van der Waals surface area contributed by atoms with Crippen LogP contribution in [0.2, 0.25) is 0 Å². The van der Waals surface area contributed by atoms with Crippen molar-refractivity contribution in [2.75, 3.05) is 55.7 Å². The summed E-state index contributed by atoms with van der Waals surface area (Å²) in [7, 11) is 4.19. The summed E-state index contributed by atoms with van der Waals surface area (Å²) >= 11 is 0. The summed E-state index contributed by atoms with van der Waals surface area (Å²) in [6, 6.07) is 17.0. The minimum atomic E-state index is -0.998. The van der Waals surface area contributed by atoms with Crippen molar-refractivity contribution < 1.29 is 24.3 Å². The number of fused-ring (bicyclic) bond motifs is 2. The van der Waals surface area contributed by atoms with Crippen molar-refractivity contribution >= 4 is 70.4 Å². The van der Waals surface area contributed by atoms with E-state index in [2.05, 4.69) is 130 Å². The van der Waals surface area contributed by atoms with E-state index in [9.17, 15) is 9.59 Å². The van der Waals surface area contributed by atoms with Crippen molar-refractivity contribution in [3.05, 3.63) is 108 Å². The number of ether oxygens (including phenoxy) is 1. The van der Waals surface area contributed by atoms with Gasteiger partial charge in [0.25, 0.3) is 5.91 Å². The Bertz CT molecular complexity index is 2430. The summed E-state index contributed by atoms with van der Waals surface area (Å²) in [5, 5.41) is 18.9. The van der Waals surface area contributed by atoms with Gasteiger partial charge >= 0.3 is 5.97 Å². The molecular formula is C47H61Cl2N11O5. The number of carboxylic acid groups (broad SMARTS) is 1. The molecule has 3 saturated heterocycles. The van der Waals surface area contributed by atoms with Gasteiger partial charge in [-0.2, -0.15) is 0 Å². The molecule has 3 aliphatic heterocycles. The summed E-state index contributed by atoms with van der Waals surface area (Å²) < 4.78 is 9.83. The van der Waals surface area contributed by atoms with Gasteiger partial charge in [-0.1, -0.05) is 36.4 Å². The number of nitrogens with zero attached hydrogens (tertiary/aromatic N) is 8. The van der Waals surface area contributed by atoms with Gasteiger partial charge in [-0.25, -0.2) is 35.0 Å². The number of hydrogen-bond donors (Lipinski definition) is 4. The molecule has 1 unspecified atom stereocenters. The Labute approximate surface area is 392 Å². The first-order valence-electron chi connectivity index (χ1n) is 22.2. The summed E-state index contributed by atoms with van der Waals surface area (Å²) in [6.45, 7) is 8.03. The van der Waals surface area contributed by atoms with Crippen LogP contribution in [0, 0.1) is 11.8 Å². The molecule has 16 nitrogen and oxygen atoms in total. The number of aryl methyl sites for hydroxylation is 2. The molecule has 7 heterocycles. The van der Waals surface area contributed by atoms with Crippen LogP contribution >= 0.6 is 24.8 Å². The Kier molecular flexibility index (Phi) is 17.9. The fourth-order valence-corrected chi connectivity index (χ4v) is 8.81. The zero-order valence-corrected chi connectivity index (χ0v) is 38.7. The van der Waals surface area contributed by atoms with E-state index in [4.69, 9.17) is 14.7 Å². The third kappa shape index (κ3) is 12.7. The van der Waals surface area contributed by atoms with E-state index in [1.54, 1.807) is 12.4 Å². The standard InChI is InChI=1S/C26H34N6O3.C21H25N5O2.2ClH/c1-31-18-21(22-6-2-3-7-23(22)31)15-27-14-19-9-11-32(12-10-19)26-28-16-20(17-29-26)25(33)30-35-24-8-4-5-13-34-24;1-25-14-17(18-4-2-3-5-19(18)25)11-22-10-15-6-8-26(9-7-15)21-23-12-16(13-24-21)20(27)28;;/h2-3,6-7,16-19,24,27H,4-5,8-15H2,1H3,(H,30,33);2-5,12-15,22H,6-11H2,1H3,(H,27,28);2*1H. The number of carbonyl (C=O) groups excluding carboxylic acids is 1. The number of aromatic nitrogens is 6. The molecule has 1 amide bonds. The summed E-state index contributed by atoms with van der Waals surface area (Å²) in [5.74, 6) is 1.19. The average Bonchev–Trinajstić information content (AvgIpc) is 3.83. The number of benzene rings is 2. The molecule has 348 valence electrons. The first-order valence-corrected chi connectivity index (χ1v) is 22.2. The zero-order valence-electron chi connectivity index (χ0n) is 37.1. The number of hydrogen-bond acceptors (Lipinski definition) is 12. The zero-order chi connectivity index (χ0) is 43.5. The molecule has 3 fully saturated rings. The maximum atomic E-state index is 12.3. The van der Waals surface area contributed by atoms with Crippen molar-refractivity contribution in [3.8, 4) is 0 Å². The number of rotatable bonds is 14. The lowest BCUT2D eigenvalue weighted by Gasteiger charge is -2.32. The monoisotopic (exact) mass is 929 g/mol. The van der Waals surface area contributed by atoms with E-state index in [1.165, 1.54) is 45.3 Å². The lowest BCUT2D eigenvalue weighted by Crippen LogP contribution is -2.38. The molecule has 0 radical (unpaired) electrons. The number of carbonyl (C=O) groups is 2. The lowest BCUT2D eigenvalue weighted by atomic mass is 9.97. The van der Waals surface area contributed by atoms with E-state index >= 15 is 0 Å². The van der Waals surface area contributed by atoms with Crippen LogP contribution in [-0.2, 0) is 36.8 Å². The molecule has 4 N–H and O–H groups in total. The van der Waals surface area contributed by atoms with Gasteiger partial charge in [-0.3, -0.25) is 4.79 Å². The van der Waals surface area contributed by atoms with Gasteiger partial charge in [-0.05, 0) is 86.7 Å². The minimum absolute atomic E-state index is 0. The first kappa shape index (κ1) is 49.1. The second-order valence-electron chi connectivity index (χ2n) is 16.9. The third-order valence-electron chi connectivity index (χ3n) is 12.5. The van der Waals surface area contributed by atoms with Crippen molar-refractivity contribution in [2.45, 2.75) is 64.3 Å². The summed E-state index contributed by atoms with van der Waals surface area (Å²) in [4.78, 5) is 50.1. The molecule has 65 heavy (non-hydrogen) atoms. The maximum Gasteiger partial charge on any atom is 0.338 e. The smallest absolute Gasteiger partial charge is 0.338 e. The Hall–Kier alpha value is -5.36. The quantitative estimate of drug-likeness (QED) is 0.0853. The molecule has 0 spiro atoms. The van der Waals surface area contributed by atoms with E-state index in [-0.39, 0.29) is 42.6 Å². The summed E-state index contributed by atoms with van der Waals surface area (Å²) in [6.07, 6.45) is 17.1. The number of amides is 1. The van der Waals surface area contributed by atoms with Crippen molar-refractivity contribution in [1.82, 2.24) is 45.2 Å². The highest BCUT2D eigenvalue weighted by Gasteiger charge is 2.23.